The fraction of sp³-hybridized carbons (Fsp3) is 0.200. The maximum Gasteiger partial charge on any atom is 0.147 e. The van der Waals surface area contributed by atoms with Crippen molar-refractivity contribution in [3.8, 4) is 12.3 Å². The Hall–Kier alpha value is -1.20. The molecule has 1 N–H and O–H groups in total. The lowest BCUT2D eigenvalue weighted by Crippen LogP contribution is -2.02. The highest BCUT2D eigenvalue weighted by molar-refractivity contribution is 6.33. The van der Waals surface area contributed by atoms with Gasteiger partial charge in [0.05, 0.1) is 10.7 Å². The Balaban J connectivity index is 2.71. The minimum atomic E-state index is -0.357. The summed E-state index contributed by atoms with van der Waals surface area (Å²) in [5.41, 5.74) is 0.319. The van der Waals surface area contributed by atoms with Crippen LogP contribution in [0.1, 0.15) is 6.42 Å². The first kappa shape index (κ1) is 9.88. The van der Waals surface area contributed by atoms with Crippen LogP contribution < -0.4 is 5.32 Å². The second kappa shape index (κ2) is 4.74. The number of benzene rings is 1. The fourth-order valence-corrected chi connectivity index (χ4v) is 1.16. The zero-order valence-electron chi connectivity index (χ0n) is 6.98. The minimum absolute atomic E-state index is 0.319. The van der Waals surface area contributed by atoms with Crippen molar-refractivity contribution in [1.29, 1.82) is 0 Å². The van der Waals surface area contributed by atoms with Gasteiger partial charge in [-0.05, 0) is 12.1 Å². The van der Waals surface area contributed by atoms with Gasteiger partial charge in [0.25, 0.3) is 0 Å². The van der Waals surface area contributed by atoms with Crippen LogP contribution in [0.2, 0.25) is 5.02 Å². The lowest BCUT2D eigenvalue weighted by molar-refractivity contribution is 0.630. The van der Waals surface area contributed by atoms with Gasteiger partial charge in [0.15, 0.2) is 0 Å². The number of anilines is 1. The molecular weight excluding hydrogens is 189 g/mol. The van der Waals surface area contributed by atoms with E-state index in [9.17, 15) is 4.39 Å². The Morgan fingerprint density at radius 3 is 2.92 bits per heavy atom. The molecule has 0 amide bonds. The van der Waals surface area contributed by atoms with Gasteiger partial charge >= 0.3 is 0 Å². The third-order valence-electron chi connectivity index (χ3n) is 1.53. The zero-order valence-corrected chi connectivity index (χ0v) is 7.74. The van der Waals surface area contributed by atoms with Crippen molar-refractivity contribution < 1.29 is 4.39 Å². The Morgan fingerprint density at radius 2 is 2.31 bits per heavy atom. The summed E-state index contributed by atoms with van der Waals surface area (Å²) >= 11 is 5.75. The Morgan fingerprint density at radius 1 is 1.54 bits per heavy atom. The summed E-state index contributed by atoms with van der Waals surface area (Å²) in [6, 6.07) is 4.54. The molecule has 68 valence electrons. The van der Waals surface area contributed by atoms with Crippen molar-refractivity contribution in [1.82, 2.24) is 0 Å². The minimum Gasteiger partial charge on any atom is -0.381 e. The molecule has 0 heterocycles. The first-order chi connectivity index (χ1) is 6.25. The molecule has 0 bridgehead atoms. The van der Waals surface area contributed by atoms with E-state index in [0.717, 1.165) is 0 Å². The van der Waals surface area contributed by atoms with Crippen molar-refractivity contribution in [3.05, 3.63) is 29.0 Å². The van der Waals surface area contributed by atoms with E-state index in [4.69, 9.17) is 18.0 Å². The summed E-state index contributed by atoms with van der Waals surface area (Å²) in [4.78, 5) is 0. The van der Waals surface area contributed by atoms with Crippen LogP contribution >= 0.6 is 11.6 Å². The zero-order chi connectivity index (χ0) is 9.68. The van der Waals surface area contributed by atoms with Crippen LogP contribution in [0.5, 0.6) is 0 Å². The number of halogens is 2. The SMILES string of the molecule is C#CCCNc1c(F)cccc1Cl. The Bertz CT molecular complexity index is 310. The molecule has 1 rings (SSSR count). The normalized spacial score (nSPS) is 9.31. The van der Waals surface area contributed by atoms with Gasteiger partial charge in [-0.2, -0.15) is 0 Å². The monoisotopic (exact) mass is 197 g/mol. The molecule has 13 heavy (non-hydrogen) atoms. The van der Waals surface area contributed by atoms with E-state index in [1.54, 1.807) is 12.1 Å². The van der Waals surface area contributed by atoms with Gasteiger partial charge in [-0.25, -0.2) is 4.39 Å². The lowest BCUT2D eigenvalue weighted by Gasteiger charge is -2.06. The fourth-order valence-electron chi connectivity index (χ4n) is 0.926. The number of terminal acetylenes is 1. The Labute approximate surface area is 81.9 Å². The van der Waals surface area contributed by atoms with E-state index in [0.29, 0.717) is 23.7 Å². The molecule has 1 aromatic carbocycles. The first-order valence-corrected chi connectivity index (χ1v) is 4.25. The maximum atomic E-state index is 13.1. The highest BCUT2D eigenvalue weighted by Crippen LogP contribution is 2.24. The molecule has 1 aromatic rings. The van der Waals surface area contributed by atoms with Crippen molar-refractivity contribution >= 4 is 17.3 Å². The molecule has 0 aliphatic rings. The molecule has 0 aromatic heterocycles. The molecule has 0 unspecified atom stereocenters. The van der Waals surface area contributed by atoms with Gasteiger partial charge in [0, 0.05) is 13.0 Å². The van der Waals surface area contributed by atoms with Crippen LogP contribution in [0.4, 0.5) is 10.1 Å². The van der Waals surface area contributed by atoms with Gasteiger partial charge in [0.2, 0.25) is 0 Å². The molecule has 0 radical (unpaired) electrons. The lowest BCUT2D eigenvalue weighted by atomic mass is 10.3. The van der Waals surface area contributed by atoms with E-state index in [-0.39, 0.29) is 5.82 Å². The van der Waals surface area contributed by atoms with Crippen LogP contribution in [-0.4, -0.2) is 6.54 Å². The second-order valence-corrected chi connectivity index (χ2v) is 2.88. The van der Waals surface area contributed by atoms with E-state index >= 15 is 0 Å². The third-order valence-corrected chi connectivity index (χ3v) is 1.85. The molecular formula is C10H9ClFN. The summed E-state index contributed by atoms with van der Waals surface area (Å²) in [6.07, 6.45) is 5.60. The average molecular weight is 198 g/mol. The maximum absolute atomic E-state index is 13.1. The smallest absolute Gasteiger partial charge is 0.147 e. The van der Waals surface area contributed by atoms with Crippen molar-refractivity contribution in [2.75, 3.05) is 11.9 Å². The van der Waals surface area contributed by atoms with Gasteiger partial charge in [-0.15, -0.1) is 12.3 Å². The molecule has 3 heteroatoms. The quantitative estimate of drug-likeness (QED) is 0.581. The van der Waals surface area contributed by atoms with E-state index < -0.39 is 0 Å². The number of hydrogen-bond acceptors (Lipinski definition) is 1. The van der Waals surface area contributed by atoms with Crippen molar-refractivity contribution in [3.63, 3.8) is 0 Å². The van der Waals surface area contributed by atoms with Crippen LogP contribution in [0.3, 0.4) is 0 Å². The number of nitrogens with one attached hydrogen (secondary N) is 1. The van der Waals surface area contributed by atoms with Gasteiger partial charge in [0.1, 0.15) is 5.82 Å². The molecule has 0 aliphatic carbocycles. The summed E-state index contributed by atoms with van der Waals surface area (Å²) < 4.78 is 13.1. The van der Waals surface area contributed by atoms with Crippen LogP contribution in [0.15, 0.2) is 18.2 Å². The summed E-state index contributed by atoms with van der Waals surface area (Å²) in [5, 5.41) is 3.20. The van der Waals surface area contributed by atoms with Crippen LogP contribution in [-0.2, 0) is 0 Å². The summed E-state index contributed by atoms with van der Waals surface area (Å²) in [5.74, 6) is 2.09. The number of rotatable bonds is 3. The van der Waals surface area contributed by atoms with Gasteiger partial charge in [-0.3, -0.25) is 0 Å². The van der Waals surface area contributed by atoms with Crippen molar-refractivity contribution in [2.24, 2.45) is 0 Å². The third kappa shape index (κ3) is 2.64. The molecule has 0 aliphatic heterocycles. The molecule has 0 saturated carbocycles. The van der Waals surface area contributed by atoms with Gasteiger partial charge < -0.3 is 5.32 Å². The highest BCUT2D eigenvalue weighted by atomic mass is 35.5. The van der Waals surface area contributed by atoms with E-state index in [1.807, 2.05) is 0 Å². The van der Waals surface area contributed by atoms with Gasteiger partial charge in [-0.1, -0.05) is 17.7 Å². The van der Waals surface area contributed by atoms with Crippen LogP contribution in [0, 0.1) is 18.2 Å². The topological polar surface area (TPSA) is 12.0 Å². The molecule has 1 nitrogen and oxygen atoms in total. The summed E-state index contributed by atoms with van der Waals surface area (Å²) in [6.45, 7) is 0.525. The number of hydrogen-bond donors (Lipinski definition) is 1. The largest absolute Gasteiger partial charge is 0.381 e. The van der Waals surface area contributed by atoms with Crippen molar-refractivity contribution in [2.45, 2.75) is 6.42 Å². The van der Waals surface area contributed by atoms with E-state index in [2.05, 4.69) is 11.2 Å². The average Bonchev–Trinajstić information content (AvgIpc) is 2.10. The predicted octanol–water partition coefficient (Wildman–Crippen LogP) is 2.91. The molecule has 0 fully saturated rings. The Kier molecular flexibility index (Phi) is 3.60. The van der Waals surface area contributed by atoms with E-state index in [1.165, 1.54) is 6.07 Å². The molecule has 0 atom stereocenters. The first-order valence-electron chi connectivity index (χ1n) is 3.87. The number of para-hydroxylation sites is 1. The second-order valence-electron chi connectivity index (χ2n) is 2.48. The molecule has 0 spiro atoms. The predicted molar refractivity (Wildman–Crippen MR) is 53.3 cm³/mol. The standard InChI is InChI=1S/C10H9ClFN/c1-2-3-7-13-10-8(11)5-4-6-9(10)12/h1,4-6,13H,3,7H2. The van der Waals surface area contributed by atoms with Crippen LogP contribution in [0.25, 0.3) is 0 Å². The molecule has 0 saturated heterocycles. The summed E-state index contributed by atoms with van der Waals surface area (Å²) in [7, 11) is 0. The highest BCUT2D eigenvalue weighted by Gasteiger charge is 2.04.